The van der Waals surface area contributed by atoms with Gasteiger partial charge in [0.2, 0.25) is 5.91 Å². The molecule has 0 saturated carbocycles. The lowest BCUT2D eigenvalue weighted by Crippen LogP contribution is -2.41. The van der Waals surface area contributed by atoms with Crippen molar-refractivity contribution in [1.82, 2.24) is 19.7 Å². The number of carbonyl (C=O) groups excluding carboxylic acids is 2. The maximum Gasteiger partial charge on any atom is 0.255 e. The Bertz CT molecular complexity index is 653. The third-order valence-electron chi connectivity index (χ3n) is 5.65. The molecule has 7 heteroatoms. The van der Waals surface area contributed by atoms with Crippen LogP contribution in [0.5, 0.6) is 0 Å². The predicted octanol–water partition coefficient (Wildman–Crippen LogP) is 1.92. The van der Waals surface area contributed by atoms with Gasteiger partial charge in [0.25, 0.3) is 5.91 Å². The van der Waals surface area contributed by atoms with Crippen LogP contribution in [0, 0.1) is 5.92 Å². The molecule has 0 spiro atoms. The summed E-state index contributed by atoms with van der Waals surface area (Å²) in [4.78, 5) is 35.0. The molecular weight excluding hydrogens is 354 g/mol. The lowest BCUT2D eigenvalue weighted by atomic mass is 9.96. The number of likely N-dealkylation sites (tertiary alicyclic amines) is 2. The van der Waals surface area contributed by atoms with Crippen molar-refractivity contribution in [2.75, 3.05) is 58.7 Å². The lowest BCUT2D eigenvalue weighted by Gasteiger charge is -2.34. The molecule has 28 heavy (non-hydrogen) atoms. The Morgan fingerprint density at radius 1 is 1.25 bits per heavy atom. The molecule has 154 valence electrons. The van der Waals surface area contributed by atoms with Gasteiger partial charge in [-0.3, -0.25) is 9.59 Å². The van der Waals surface area contributed by atoms with Gasteiger partial charge in [-0.15, -0.1) is 0 Å². The number of pyridine rings is 1. The van der Waals surface area contributed by atoms with Crippen LogP contribution in [0.15, 0.2) is 18.3 Å². The van der Waals surface area contributed by atoms with Gasteiger partial charge in [-0.2, -0.15) is 0 Å². The van der Waals surface area contributed by atoms with Crippen LogP contribution in [0.25, 0.3) is 0 Å². The fraction of sp³-hybridized carbons (Fsp3) is 0.667. The quantitative estimate of drug-likeness (QED) is 0.690. The van der Waals surface area contributed by atoms with E-state index < -0.39 is 0 Å². The number of hydrogen-bond donors (Lipinski definition) is 1. The standard InChI is InChI=1S/C21H33N5O2/c1-24(2)11-4-10-22-19-7-6-18(15-23-19)21(28)25-13-8-17(9-14-25)16-26-12-3-5-20(26)27/h6-7,15,17H,3-5,8-14,16H2,1-2H3,(H,22,23). The third-order valence-corrected chi connectivity index (χ3v) is 5.65. The monoisotopic (exact) mass is 387 g/mol. The number of anilines is 1. The van der Waals surface area contributed by atoms with E-state index in [-0.39, 0.29) is 5.91 Å². The molecule has 0 atom stereocenters. The van der Waals surface area contributed by atoms with Crippen molar-refractivity contribution in [1.29, 1.82) is 0 Å². The summed E-state index contributed by atoms with van der Waals surface area (Å²) < 4.78 is 0. The summed E-state index contributed by atoms with van der Waals surface area (Å²) in [5, 5.41) is 3.29. The summed E-state index contributed by atoms with van der Waals surface area (Å²) in [6.45, 7) is 5.18. The normalized spacial score (nSPS) is 18.2. The number of amides is 2. The minimum atomic E-state index is 0.0577. The Labute approximate surface area is 168 Å². The smallest absolute Gasteiger partial charge is 0.255 e. The second-order valence-electron chi connectivity index (χ2n) is 8.19. The molecular formula is C21H33N5O2. The average molecular weight is 388 g/mol. The van der Waals surface area contributed by atoms with Gasteiger partial charge in [-0.25, -0.2) is 4.98 Å². The van der Waals surface area contributed by atoms with Crippen LogP contribution in [-0.2, 0) is 4.79 Å². The summed E-state index contributed by atoms with van der Waals surface area (Å²) in [5.41, 5.74) is 0.645. The SMILES string of the molecule is CN(C)CCCNc1ccc(C(=O)N2CCC(CN3CCCC3=O)CC2)cn1. The molecule has 0 unspecified atom stereocenters. The van der Waals surface area contributed by atoms with Crippen molar-refractivity contribution in [2.45, 2.75) is 32.1 Å². The van der Waals surface area contributed by atoms with E-state index in [2.05, 4.69) is 29.3 Å². The lowest BCUT2D eigenvalue weighted by molar-refractivity contribution is -0.128. The number of aromatic nitrogens is 1. The zero-order valence-electron chi connectivity index (χ0n) is 17.2. The maximum absolute atomic E-state index is 12.7. The van der Waals surface area contributed by atoms with Crippen LogP contribution in [0.2, 0.25) is 0 Å². The molecule has 3 rings (SSSR count). The van der Waals surface area contributed by atoms with E-state index in [9.17, 15) is 9.59 Å². The molecule has 0 radical (unpaired) electrons. The Morgan fingerprint density at radius 3 is 2.64 bits per heavy atom. The van der Waals surface area contributed by atoms with Crippen LogP contribution >= 0.6 is 0 Å². The number of hydrogen-bond acceptors (Lipinski definition) is 5. The molecule has 1 aromatic heterocycles. The molecule has 0 aromatic carbocycles. The highest BCUT2D eigenvalue weighted by atomic mass is 16.2. The van der Waals surface area contributed by atoms with Gasteiger partial charge in [0, 0.05) is 45.3 Å². The fourth-order valence-corrected chi connectivity index (χ4v) is 3.95. The molecule has 2 saturated heterocycles. The van der Waals surface area contributed by atoms with Crippen molar-refractivity contribution >= 4 is 17.6 Å². The Balaban J connectivity index is 1.42. The summed E-state index contributed by atoms with van der Waals surface area (Å²) >= 11 is 0. The number of carbonyl (C=O) groups is 2. The first-order valence-electron chi connectivity index (χ1n) is 10.4. The summed E-state index contributed by atoms with van der Waals surface area (Å²) in [6.07, 6.45) is 6.34. The minimum absolute atomic E-state index is 0.0577. The summed E-state index contributed by atoms with van der Waals surface area (Å²) in [7, 11) is 4.13. The zero-order valence-corrected chi connectivity index (χ0v) is 17.2. The van der Waals surface area contributed by atoms with Crippen LogP contribution in [0.4, 0.5) is 5.82 Å². The van der Waals surface area contributed by atoms with Gasteiger partial charge in [0.05, 0.1) is 5.56 Å². The highest BCUT2D eigenvalue weighted by molar-refractivity contribution is 5.94. The Kier molecular flexibility index (Phi) is 7.25. The number of rotatable bonds is 8. The Morgan fingerprint density at radius 2 is 2.04 bits per heavy atom. The van der Waals surface area contributed by atoms with E-state index in [1.165, 1.54) is 0 Å². The van der Waals surface area contributed by atoms with Crippen molar-refractivity contribution in [3.63, 3.8) is 0 Å². The average Bonchev–Trinajstić information content (AvgIpc) is 3.10. The molecule has 7 nitrogen and oxygen atoms in total. The Hall–Kier alpha value is -2.15. The van der Waals surface area contributed by atoms with Crippen molar-refractivity contribution in [2.24, 2.45) is 5.92 Å². The first-order valence-corrected chi connectivity index (χ1v) is 10.4. The molecule has 2 aliphatic rings. The topological polar surface area (TPSA) is 68.8 Å². The second-order valence-corrected chi connectivity index (χ2v) is 8.19. The summed E-state index contributed by atoms with van der Waals surface area (Å²) in [6, 6.07) is 3.74. The number of nitrogens with zero attached hydrogens (tertiary/aromatic N) is 4. The van der Waals surface area contributed by atoms with E-state index >= 15 is 0 Å². The van der Waals surface area contributed by atoms with Crippen molar-refractivity contribution in [3.05, 3.63) is 23.9 Å². The molecule has 2 aliphatic heterocycles. The number of nitrogens with one attached hydrogen (secondary N) is 1. The minimum Gasteiger partial charge on any atom is -0.370 e. The van der Waals surface area contributed by atoms with Gasteiger partial charge in [0.1, 0.15) is 5.82 Å². The number of piperidine rings is 1. The molecule has 1 aromatic rings. The van der Waals surface area contributed by atoms with E-state index in [4.69, 9.17) is 0 Å². The first-order chi connectivity index (χ1) is 13.5. The van der Waals surface area contributed by atoms with Crippen LogP contribution in [-0.4, -0.2) is 84.9 Å². The second kappa shape index (κ2) is 9.87. The van der Waals surface area contributed by atoms with Crippen LogP contribution < -0.4 is 5.32 Å². The molecule has 3 heterocycles. The van der Waals surface area contributed by atoms with Crippen molar-refractivity contribution < 1.29 is 9.59 Å². The van der Waals surface area contributed by atoms with Crippen molar-refractivity contribution in [3.8, 4) is 0 Å². The van der Waals surface area contributed by atoms with Crippen LogP contribution in [0.1, 0.15) is 42.5 Å². The highest BCUT2D eigenvalue weighted by Gasteiger charge is 2.28. The fourth-order valence-electron chi connectivity index (χ4n) is 3.95. The van der Waals surface area contributed by atoms with Gasteiger partial charge in [-0.05, 0) is 64.4 Å². The van der Waals surface area contributed by atoms with Gasteiger partial charge >= 0.3 is 0 Å². The highest BCUT2D eigenvalue weighted by Crippen LogP contribution is 2.22. The van der Waals surface area contributed by atoms with E-state index in [0.29, 0.717) is 23.8 Å². The maximum atomic E-state index is 12.7. The van der Waals surface area contributed by atoms with Gasteiger partial charge < -0.3 is 20.0 Å². The molecule has 2 fully saturated rings. The van der Waals surface area contributed by atoms with E-state index in [1.54, 1.807) is 6.20 Å². The zero-order chi connectivity index (χ0) is 19.9. The molecule has 1 N–H and O–H groups in total. The van der Waals surface area contributed by atoms with Gasteiger partial charge in [-0.1, -0.05) is 0 Å². The van der Waals surface area contributed by atoms with Crippen LogP contribution in [0.3, 0.4) is 0 Å². The molecule has 2 amide bonds. The first kappa shape index (κ1) is 20.6. The van der Waals surface area contributed by atoms with Gasteiger partial charge in [0.15, 0.2) is 0 Å². The third kappa shape index (κ3) is 5.67. The molecule has 0 aliphatic carbocycles. The predicted molar refractivity (Wildman–Crippen MR) is 110 cm³/mol. The molecule has 0 bridgehead atoms. The largest absolute Gasteiger partial charge is 0.370 e. The van der Waals surface area contributed by atoms with E-state index in [1.807, 2.05) is 21.9 Å². The van der Waals surface area contributed by atoms with E-state index in [0.717, 1.165) is 70.8 Å². The summed E-state index contributed by atoms with van der Waals surface area (Å²) in [5.74, 6) is 1.67.